The zero-order valence-electron chi connectivity index (χ0n) is 14.8. The molecule has 3 rings (SSSR count). The van der Waals surface area contributed by atoms with Crippen LogP contribution in [-0.2, 0) is 4.79 Å². The summed E-state index contributed by atoms with van der Waals surface area (Å²) < 4.78 is 0. The number of anilines is 2. The molecular formula is C21H19N3O3. The Kier molecular flexibility index (Phi) is 5.47. The molecule has 2 N–H and O–H groups in total. The van der Waals surface area contributed by atoms with E-state index in [0.29, 0.717) is 11.4 Å². The van der Waals surface area contributed by atoms with E-state index < -0.39 is 11.0 Å². The minimum Gasteiger partial charge on any atom is -0.374 e. The molecule has 0 aliphatic carbocycles. The van der Waals surface area contributed by atoms with Crippen molar-refractivity contribution in [2.45, 2.75) is 13.0 Å². The number of rotatable bonds is 6. The molecule has 0 radical (unpaired) electrons. The summed E-state index contributed by atoms with van der Waals surface area (Å²) in [4.78, 5) is 23.0. The van der Waals surface area contributed by atoms with Gasteiger partial charge in [-0.15, -0.1) is 0 Å². The molecule has 3 aromatic carbocycles. The van der Waals surface area contributed by atoms with Gasteiger partial charge >= 0.3 is 0 Å². The SMILES string of the molecule is C[C@H](Nc1cccc([N+](=O)[O-])c1)C(=O)Nc1ccccc1-c1ccccc1. The number of nitro benzene ring substituents is 1. The Balaban J connectivity index is 1.74. The number of non-ortho nitro benzene ring substituents is 1. The van der Waals surface area contributed by atoms with Crippen LogP contribution in [0.1, 0.15) is 6.92 Å². The molecule has 0 heterocycles. The maximum atomic E-state index is 12.6. The van der Waals surface area contributed by atoms with E-state index in [1.54, 1.807) is 19.1 Å². The van der Waals surface area contributed by atoms with Gasteiger partial charge < -0.3 is 10.6 Å². The van der Waals surface area contributed by atoms with Crippen LogP contribution in [0, 0.1) is 10.1 Å². The lowest BCUT2D eigenvalue weighted by molar-refractivity contribution is -0.384. The number of benzene rings is 3. The Morgan fingerprint density at radius 2 is 1.67 bits per heavy atom. The van der Waals surface area contributed by atoms with Crippen molar-refractivity contribution in [3.63, 3.8) is 0 Å². The molecule has 136 valence electrons. The van der Waals surface area contributed by atoms with Gasteiger partial charge in [0.1, 0.15) is 6.04 Å². The minimum absolute atomic E-state index is 0.0259. The normalized spacial score (nSPS) is 11.4. The van der Waals surface area contributed by atoms with Gasteiger partial charge in [0.05, 0.1) is 4.92 Å². The van der Waals surface area contributed by atoms with Crippen molar-refractivity contribution in [2.75, 3.05) is 10.6 Å². The summed E-state index contributed by atoms with van der Waals surface area (Å²) in [6.45, 7) is 1.71. The van der Waals surface area contributed by atoms with Crippen LogP contribution in [0.2, 0.25) is 0 Å². The molecule has 6 nitrogen and oxygen atoms in total. The monoisotopic (exact) mass is 361 g/mol. The molecule has 0 aliphatic heterocycles. The molecule has 0 aromatic heterocycles. The predicted octanol–water partition coefficient (Wildman–Crippen LogP) is 4.70. The van der Waals surface area contributed by atoms with E-state index in [4.69, 9.17) is 0 Å². The molecule has 1 atom stereocenters. The summed E-state index contributed by atoms with van der Waals surface area (Å²) >= 11 is 0. The van der Waals surface area contributed by atoms with Gasteiger partial charge in [-0.05, 0) is 24.6 Å². The van der Waals surface area contributed by atoms with Crippen LogP contribution in [0.15, 0.2) is 78.9 Å². The van der Waals surface area contributed by atoms with Crippen LogP contribution in [-0.4, -0.2) is 16.9 Å². The molecule has 27 heavy (non-hydrogen) atoms. The Labute approximate surface area is 157 Å². The standard InChI is InChI=1S/C21H19N3O3/c1-15(22-17-10-7-11-18(14-17)24(26)27)21(25)23-20-13-6-5-12-19(20)16-8-3-2-4-9-16/h2-15,22H,1H3,(H,23,25)/t15-/m0/s1. The Morgan fingerprint density at radius 1 is 0.963 bits per heavy atom. The lowest BCUT2D eigenvalue weighted by Gasteiger charge is -2.17. The van der Waals surface area contributed by atoms with Gasteiger partial charge in [0.25, 0.3) is 5.69 Å². The highest BCUT2D eigenvalue weighted by molar-refractivity contribution is 5.99. The minimum atomic E-state index is -0.573. The summed E-state index contributed by atoms with van der Waals surface area (Å²) in [7, 11) is 0. The summed E-state index contributed by atoms with van der Waals surface area (Å²) in [5.41, 5.74) is 3.13. The Morgan fingerprint density at radius 3 is 2.41 bits per heavy atom. The van der Waals surface area contributed by atoms with E-state index in [2.05, 4.69) is 10.6 Å². The van der Waals surface area contributed by atoms with E-state index in [1.807, 2.05) is 54.6 Å². The quantitative estimate of drug-likeness (QED) is 0.492. The van der Waals surface area contributed by atoms with Crippen molar-refractivity contribution >= 4 is 23.0 Å². The summed E-state index contributed by atoms with van der Waals surface area (Å²) in [5, 5.41) is 16.8. The number of para-hydroxylation sites is 1. The number of carbonyl (C=O) groups is 1. The third kappa shape index (κ3) is 4.49. The lowest BCUT2D eigenvalue weighted by atomic mass is 10.0. The van der Waals surface area contributed by atoms with Crippen LogP contribution in [0.25, 0.3) is 11.1 Å². The second-order valence-electron chi connectivity index (χ2n) is 6.07. The van der Waals surface area contributed by atoms with Crippen molar-refractivity contribution < 1.29 is 9.72 Å². The third-order valence-corrected chi connectivity index (χ3v) is 4.10. The molecule has 0 fully saturated rings. The predicted molar refractivity (Wildman–Crippen MR) is 107 cm³/mol. The van der Waals surface area contributed by atoms with Crippen molar-refractivity contribution in [2.24, 2.45) is 0 Å². The third-order valence-electron chi connectivity index (χ3n) is 4.10. The first kappa shape index (κ1) is 18.1. The number of amides is 1. The average Bonchev–Trinajstić information content (AvgIpc) is 2.69. The summed E-state index contributed by atoms with van der Waals surface area (Å²) in [6.07, 6.45) is 0. The van der Waals surface area contributed by atoms with Gasteiger partial charge in [0.15, 0.2) is 0 Å². The fraction of sp³-hybridized carbons (Fsp3) is 0.0952. The zero-order valence-corrected chi connectivity index (χ0v) is 14.8. The van der Waals surface area contributed by atoms with Crippen LogP contribution >= 0.6 is 0 Å². The van der Waals surface area contributed by atoms with Crippen molar-refractivity contribution in [1.29, 1.82) is 0 Å². The zero-order chi connectivity index (χ0) is 19.2. The molecule has 0 bridgehead atoms. The van der Waals surface area contributed by atoms with Crippen molar-refractivity contribution in [3.05, 3.63) is 89.0 Å². The Bertz CT molecular complexity index is 958. The molecule has 3 aromatic rings. The smallest absolute Gasteiger partial charge is 0.271 e. The first-order valence-corrected chi connectivity index (χ1v) is 8.51. The topological polar surface area (TPSA) is 84.3 Å². The first-order valence-electron chi connectivity index (χ1n) is 8.51. The molecule has 0 saturated heterocycles. The van der Waals surface area contributed by atoms with Crippen LogP contribution < -0.4 is 10.6 Å². The molecule has 0 saturated carbocycles. The number of carbonyl (C=O) groups excluding carboxylic acids is 1. The highest BCUT2D eigenvalue weighted by Crippen LogP contribution is 2.27. The van der Waals surface area contributed by atoms with E-state index in [-0.39, 0.29) is 11.6 Å². The number of hydrogen-bond donors (Lipinski definition) is 2. The van der Waals surface area contributed by atoms with Gasteiger partial charge in [-0.2, -0.15) is 0 Å². The molecular weight excluding hydrogens is 342 g/mol. The van der Waals surface area contributed by atoms with Crippen LogP contribution in [0.3, 0.4) is 0 Å². The highest BCUT2D eigenvalue weighted by atomic mass is 16.6. The molecule has 6 heteroatoms. The maximum Gasteiger partial charge on any atom is 0.271 e. The second-order valence-corrected chi connectivity index (χ2v) is 6.07. The summed E-state index contributed by atoms with van der Waals surface area (Å²) in [5.74, 6) is -0.232. The van der Waals surface area contributed by atoms with E-state index in [0.717, 1.165) is 11.1 Å². The fourth-order valence-corrected chi connectivity index (χ4v) is 2.73. The number of nitrogens with one attached hydrogen (secondary N) is 2. The first-order chi connectivity index (χ1) is 13.0. The number of nitro groups is 1. The molecule has 0 unspecified atom stereocenters. The maximum absolute atomic E-state index is 12.6. The highest BCUT2D eigenvalue weighted by Gasteiger charge is 2.16. The van der Waals surface area contributed by atoms with Gasteiger partial charge in [0.2, 0.25) is 5.91 Å². The van der Waals surface area contributed by atoms with E-state index in [9.17, 15) is 14.9 Å². The van der Waals surface area contributed by atoms with Crippen molar-refractivity contribution in [3.8, 4) is 11.1 Å². The van der Waals surface area contributed by atoms with Crippen LogP contribution in [0.5, 0.6) is 0 Å². The van der Waals surface area contributed by atoms with Gasteiger partial charge in [-0.1, -0.05) is 54.6 Å². The second kappa shape index (κ2) is 8.14. The van der Waals surface area contributed by atoms with Gasteiger partial charge in [-0.25, -0.2) is 0 Å². The number of nitrogens with zero attached hydrogens (tertiary/aromatic N) is 1. The number of hydrogen-bond acceptors (Lipinski definition) is 4. The largest absolute Gasteiger partial charge is 0.374 e. The summed E-state index contributed by atoms with van der Waals surface area (Å²) in [6, 6.07) is 22.9. The van der Waals surface area contributed by atoms with E-state index >= 15 is 0 Å². The fourth-order valence-electron chi connectivity index (χ4n) is 2.73. The molecule has 0 spiro atoms. The average molecular weight is 361 g/mol. The van der Waals surface area contributed by atoms with Crippen molar-refractivity contribution in [1.82, 2.24) is 0 Å². The molecule has 1 amide bonds. The van der Waals surface area contributed by atoms with Gasteiger partial charge in [0, 0.05) is 29.1 Å². The lowest BCUT2D eigenvalue weighted by Crippen LogP contribution is -2.32. The van der Waals surface area contributed by atoms with Crippen LogP contribution in [0.4, 0.5) is 17.1 Å². The Hall–Kier alpha value is -3.67. The van der Waals surface area contributed by atoms with E-state index in [1.165, 1.54) is 12.1 Å². The molecule has 0 aliphatic rings. The van der Waals surface area contributed by atoms with Gasteiger partial charge in [-0.3, -0.25) is 14.9 Å².